The summed E-state index contributed by atoms with van der Waals surface area (Å²) in [7, 11) is 0. The van der Waals surface area contributed by atoms with E-state index in [9.17, 15) is 9.59 Å². The second-order valence-electron chi connectivity index (χ2n) is 10.1. The van der Waals surface area contributed by atoms with Crippen LogP contribution in [0.1, 0.15) is 72.0 Å². The molecule has 0 aromatic heterocycles. The summed E-state index contributed by atoms with van der Waals surface area (Å²) in [6, 6.07) is 35.3. The molecule has 37 heavy (non-hydrogen) atoms. The predicted octanol–water partition coefficient (Wildman–Crippen LogP) is 7.82. The molecule has 4 heteroatoms. The lowest BCUT2D eigenvalue weighted by Crippen LogP contribution is -2.28. The van der Waals surface area contributed by atoms with E-state index in [0.717, 1.165) is 16.7 Å². The minimum atomic E-state index is -0.596. The zero-order valence-electron chi connectivity index (χ0n) is 22.1. The molecule has 0 atom stereocenters. The maximum atomic E-state index is 12.4. The van der Waals surface area contributed by atoms with Gasteiger partial charge in [-0.15, -0.1) is 0 Å². The van der Waals surface area contributed by atoms with Gasteiger partial charge in [0.25, 0.3) is 0 Å². The molecule has 0 N–H and O–H groups in total. The summed E-state index contributed by atoms with van der Waals surface area (Å²) in [5, 5.41) is 0. The molecule has 0 unspecified atom stereocenters. The number of hydrogen-bond donors (Lipinski definition) is 0. The van der Waals surface area contributed by atoms with Crippen LogP contribution in [0.4, 0.5) is 0 Å². The molecule has 4 aromatic carbocycles. The fourth-order valence-corrected chi connectivity index (χ4v) is 3.40. The van der Waals surface area contributed by atoms with E-state index in [4.69, 9.17) is 9.78 Å². The third-order valence-electron chi connectivity index (χ3n) is 5.45. The van der Waals surface area contributed by atoms with Crippen molar-refractivity contribution < 1.29 is 19.4 Å². The summed E-state index contributed by atoms with van der Waals surface area (Å²) < 4.78 is 0. The van der Waals surface area contributed by atoms with E-state index in [-0.39, 0.29) is 17.2 Å². The lowest BCUT2D eigenvalue weighted by Gasteiger charge is -2.29. The van der Waals surface area contributed by atoms with Gasteiger partial charge in [0.05, 0.1) is 5.60 Å². The van der Waals surface area contributed by atoms with E-state index in [0.29, 0.717) is 11.1 Å². The molecular formula is C33H34O4. The molecule has 0 aliphatic heterocycles. The number of rotatable bonds is 7. The van der Waals surface area contributed by atoms with Gasteiger partial charge in [-0.2, -0.15) is 0 Å². The number of ketones is 2. The summed E-state index contributed by atoms with van der Waals surface area (Å²) in [5.41, 5.74) is 2.80. The fourth-order valence-electron chi connectivity index (χ4n) is 3.40. The molecule has 4 aromatic rings. The van der Waals surface area contributed by atoms with E-state index in [1.165, 1.54) is 0 Å². The Morgan fingerprint density at radius 1 is 0.459 bits per heavy atom. The van der Waals surface area contributed by atoms with Crippen molar-refractivity contribution in [3.63, 3.8) is 0 Å². The molecule has 0 saturated carbocycles. The van der Waals surface area contributed by atoms with Gasteiger partial charge in [-0.1, -0.05) is 115 Å². The summed E-state index contributed by atoms with van der Waals surface area (Å²) in [4.78, 5) is 35.3. The van der Waals surface area contributed by atoms with E-state index in [2.05, 4.69) is 0 Å². The Bertz CT molecular complexity index is 1230. The average molecular weight is 495 g/mol. The number of carbonyl (C=O) groups excluding carboxylic acids is 2. The van der Waals surface area contributed by atoms with Gasteiger partial charge in [0.2, 0.25) is 0 Å². The minimum absolute atomic E-state index is 0.0156. The SMILES string of the molecule is CC(C)(C)OOC(C)(C)c1ccc(C(=O)c2ccccc2)cc1.O=C(c1ccccc1)c1ccccc1. The molecular weight excluding hydrogens is 460 g/mol. The maximum Gasteiger partial charge on any atom is 0.193 e. The summed E-state index contributed by atoms with van der Waals surface area (Å²) in [6.07, 6.45) is 0. The standard InChI is InChI=1S/C20H24O3.C13H10O/c1-19(2,3)22-23-20(4,5)17-13-11-16(12-14-17)18(21)15-9-7-6-8-10-15;14-13(11-7-3-1-4-8-11)12-9-5-2-6-10-12/h6-14H,1-5H3;1-10H. The van der Waals surface area contributed by atoms with Crippen molar-refractivity contribution in [2.24, 2.45) is 0 Å². The quantitative estimate of drug-likeness (QED) is 0.149. The number of benzene rings is 4. The summed E-state index contributed by atoms with van der Waals surface area (Å²) in [5.74, 6) is 0.0908. The zero-order chi connectivity index (χ0) is 26.9. The molecule has 0 radical (unpaired) electrons. The van der Waals surface area contributed by atoms with Crippen molar-refractivity contribution in [2.45, 2.75) is 45.8 Å². The first-order chi connectivity index (χ1) is 17.6. The largest absolute Gasteiger partial charge is 0.289 e. The van der Waals surface area contributed by atoms with Crippen LogP contribution in [-0.4, -0.2) is 17.2 Å². The van der Waals surface area contributed by atoms with Crippen LogP contribution in [0.5, 0.6) is 0 Å². The number of carbonyl (C=O) groups is 2. The Hall–Kier alpha value is -3.86. The van der Waals surface area contributed by atoms with E-state index in [1.807, 2.05) is 150 Å². The Labute approximate surface area is 219 Å². The molecule has 0 amide bonds. The molecule has 0 saturated heterocycles. The van der Waals surface area contributed by atoms with Crippen LogP contribution >= 0.6 is 0 Å². The van der Waals surface area contributed by atoms with E-state index >= 15 is 0 Å². The zero-order valence-corrected chi connectivity index (χ0v) is 22.1. The molecule has 0 aliphatic rings. The maximum absolute atomic E-state index is 12.4. The van der Waals surface area contributed by atoms with Crippen LogP contribution in [0.15, 0.2) is 115 Å². The van der Waals surface area contributed by atoms with Crippen LogP contribution in [0.3, 0.4) is 0 Å². The van der Waals surface area contributed by atoms with Crippen molar-refractivity contribution in [1.82, 2.24) is 0 Å². The lowest BCUT2D eigenvalue weighted by molar-refractivity contribution is -0.401. The van der Waals surface area contributed by atoms with Crippen molar-refractivity contribution in [3.8, 4) is 0 Å². The third-order valence-corrected chi connectivity index (χ3v) is 5.45. The van der Waals surface area contributed by atoms with Gasteiger partial charge in [0.1, 0.15) is 5.60 Å². The van der Waals surface area contributed by atoms with Crippen molar-refractivity contribution >= 4 is 11.6 Å². The molecule has 4 nitrogen and oxygen atoms in total. The third kappa shape index (κ3) is 8.35. The Morgan fingerprint density at radius 3 is 1.11 bits per heavy atom. The smallest absolute Gasteiger partial charge is 0.193 e. The first kappa shape index (κ1) is 27.7. The fraction of sp³-hybridized carbons (Fsp3) is 0.212. The minimum Gasteiger partial charge on any atom is -0.289 e. The van der Waals surface area contributed by atoms with Gasteiger partial charge in [-0.3, -0.25) is 9.59 Å². The predicted molar refractivity (Wildman–Crippen MR) is 148 cm³/mol. The molecule has 190 valence electrons. The highest BCUT2D eigenvalue weighted by atomic mass is 17.2. The van der Waals surface area contributed by atoms with Gasteiger partial charge in [0.15, 0.2) is 11.6 Å². The molecule has 0 heterocycles. The van der Waals surface area contributed by atoms with Crippen LogP contribution in [0.25, 0.3) is 0 Å². The number of hydrogen-bond acceptors (Lipinski definition) is 4. The average Bonchev–Trinajstić information content (AvgIpc) is 2.93. The van der Waals surface area contributed by atoms with Crippen LogP contribution in [0.2, 0.25) is 0 Å². The van der Waals surface area contributed by atoms with Gasteiger partial charge in [-0.25, -0.2) is 9.78 Å². The Morgan fingerprint density at radius 2 is 0.784 bits per heavy atom. The highest BCUT2D eigenvalue weighted by molar-refractivity contribution is 6.09. The normalized spacial score (nSPS) is 11.3. The second kappa shape index (κ2) is 12.4. The highest BCUT2D eigenvalue weighted by Gasteiger charge is 2.26. The first-order valence-corrected chi connectivity index (χ1v) is 12.3. The molecule has 4 rings (SSSR count). The first-order valence-electron chi connectivity index (χ1n) is 12.3. The summed E-state index contributed by atoms with van der Waals surface area (Å²) >= 11 is 0. The van der Waals surface area contributed by atoms with Crippen LogP contribution in [0, 0.1) is 0 Å². The lowest BCUT2D eigenvalue weighted by atomic mass is 9.95. The Balaban J connectivity index is 0.000000231. The van der Waals surface area contributed by atoms with Crippen molar-refractivity contribution in [1.29, 1.82) is 0 Å². The van der Waals surface area contributed by atoms with Gasteiger partial charge in [0, 0.05) is 22.3 Å². The van der Waals surface area contributed by atoms with Gasteiger partial charge in [-0.05, 0) is 40.2 Å². The Kier molecular flexibility index (Phi) is 9.29. The van der Waals surface area contributed by atoms with Crippen LogP contribution < -0.4 is 0 Å². The molecule has 0 aliphatic carbocycles. The van der Waals surface area contributed by atoms with Crippen LogP contribution in [-0.2, 0) is 15.4 Å². The monoisotopic (exact) mass is 494 g/mol. The molecule has 0 spiro atoms. The molecule has 0 bridgehead atoms. The second-order valence-corrected chi connectivity index (χ2v) is 10.1. The summed E-state index contributed by atoms with van der Waals surface area (Å²) in [6.45, 7) is 9.68. The van der Waals surface area contributed by atoms with Gasteiger partial charge >= 0.3 is 0 Å². The van der Waals surface area contributed by atoms with E-state index < -0.39 is 5.60 Å². The van der Waals surface area contributed by atoms with Crippen molar-refractivity contribution in [3.05, 3.63) is 143 Å². The van der Waals surface area contributed by atoms with E-state index in [1.54, 1.807) is 0 Å². The van der Waals surface area contributed by atoms with Gasteiger partial charge < -0.3 is 0 Å². The highest BCUT2D eigenvalue weighted by Crippen LogP contribution is 2.27. The van der Waals surface area contributed by atoms with Crippen molar-refractivity contribution in [2.75, 3.05) is 0 Å². The topological polar surface area (TPSA) is 52.6 Å². The molecule has 0 fully saturated rings.